The molecule has 9 nitrogen and oxygen atoms in total. The third kappa shape index (κ3) is 5.24. The highest BCUT2D eigenvalue weighted by Gasteiger charge is 2.20. The fourth-order valence-corrected chi connectivity index (χ4v) is 3.56. The van der Waals surface area contributed by atoms with Crippen LogP contribution in [-0.4, -0.2) is 64.7 Å². The number of nitrogens with zero attached hydrogens (tertiary/aromatic N) is 5. The second-order valence-corrected chi connectivity index (χ2v) is 7.43. The van der Waals surface area contributed by atoms with Gasteiger partial charge in [-0.25, -0.2) is 4.98 Å². The van der Waals surface area contributed by atoms with Crippen molar-refractivity contribution in [3.8, 4) is 11.6 Å². The molecule has 4 heterocycles. The van der Waals surface area contributed by atoms with Gasteiger partial charge >= 0.3 is 0 Å². The van der Waals surface area contributed by atoms with Crippen molar-refractivity contribution in [3.05, 3.63) is 48.7 Å². The van der Waals surface area contributed by atoms with E-state index in [-0.39, 0.29) is 11.9 Å². The molecule has 1 aliphatic rings. The Labute approximate surface area is 175 Å². The van der Waals surface area contributed by atoms with Gasteiger partial charge in [-0.15, -0.1) is 0 Å². The molecule has 158 valence electrons. The predicted octanol–water partition coefficient (Wildman–Crippen LogP) is 1.98. The molecule has 1 amide bonds. The van der Waals surface area contributed by atoms with E-state index in [1.165, 1.54) is 0 Å². The minimum atomic E-state index is -0.0210. The zero-order valence-corrected chi connectivity index (χ0v) is 17.0. The van der Waals surface area contributed by atoms with Gasteiger partial charge in [0.05, 0.1) is 6.26 Å². The smallest absolute Gasteiger partial charge is 0.238 e. The average molecular weight is 410 g/mol. The summed E-state index contributed by atoms with van der Waals surface area (Å²) < 4.78 is 10.4. The van der Waals surface area contributed by atoms with Crippen LogP contribution in [0.25, 0.3) is 11.6 Å². The number of anilines is 1. The monoisotopic (exact) mass is 410 g/mol. The van der Waals surface area contributed by atoms with Crippen molar-refractivity contribution in [2.24, 2.45) is 0 Å². The van der Waals surface area contributed by atoms with Crippen LogP contribution < -0.4 is 10.2 Å². The van der Waals surface area contributed by atoms with Gasteiger partial charge in [0.1, 0.15) is 5.82 Å². The number of carbonyl (C=O) groups is 1. The van der Waals surface area contributed by atoms with Crippen LogP contribution in [0.15, 0.2) is 51.7 Å². The minimum absolute atomic E-state index is 0.0210. The van der Waals surface area contributed by atoms with Crippen molar-refractivity contribution in [1.29, 1.82) is 0 Å². The fraction of sp³-hybridized carbons (Fsp3) is 0.429. The average Bonchev–Trinajstić information content (AvgIpc) is 3.45. The summed E-state index contributed by atoms with van der Waals surface area (Å²) in [7, 11) is 0. The lowest BCUT2D eigenvalue weighted by molar-refractivity contribution is -0.121. The summed E-state index contributed by atoms with van der Waals surface area (Å²) in [5.74, 6) is 2.37. The number of hydrogen-bond acceptors (Lipinski definition) is 8. The van der Waals surface area contributed by atoms with Gasteiger partial charge in [0.15, 0.2) is 5.76 Å². The normalized spacial score (nSPS) is 15.8. The Morgan fingerprint density at radius 2 is 2.07 bits per heavy atom. The zero-order valence-electron chi connectivity index (χ0n) is 17.0. The number of furan rings is 1. The molecule has 9 heteroatoms. The van der Waals surface area contributed by atoms with E-state index in [4.69, 9.17) is 8.94 Å². The van der Waals surface area contributed by atoms with Crippen LogP contribution in [-0.2, 0) is 11.2 Å². The maximum Gasteiger partial charge on any atom is 0.238 e. The summed E-state index contributed by atoms with van der Waals surface area (Å²) in [6, 6.07) is 9.58. The molecule has 0 bridgehead atoms. The molecule has 1 saturated heterocycles. The Hall–Kier alpha value is -3.20. The summed E-state index contributed by atoms with van der Waals surface area (Å²) >= 11 is 0. The number of piperazine rings is 1. The largest absolute Gasteiger partial charge is 0.461 e. The molecule has 3 aromatic rings. The summed E-state index contributed by atoms with van der Waals surface area (Å²) in [5.41, 5.74) is 0. The van der Waals surface area contributed by atoms with Gasteiger partial charge in [0, 0.05) is 57.8 Å². The Kier molecular flexibility index (Phi) is 6.38. The number of carbonyl (C=O) groups excluding carboxylic acids is 1. The van der Waals surface area contributed by atoms with Crippen molar-refractivity contribution in [2.45, 2.75) is 25.8 Å². The third-order valence-electron chi connectivity index (χ3n) is 5.06. The number of nitrogens with one attached hydrogen (secondary N) is 1. The van der Waals surface area contributed by atoms with E-state index in [1.54, 1.807) is 18.4 Å². The van der Waals surface area contributed by atoms with E-state index in [2.05, 4.69) is 30.2 Å². The molecule has 1 fully saturated rings. The summed E-state index contributed by atoms with van der Waals surface area (Å²) in [6.45, 7) is 6.64. The van der Waals surface area contributed by atoms with E-state index in [1.807, 2.05) is 31.3 Å². The maximum absolute atomic E-state index is 12.3. The van der Waals surface area contributed by atoms with E-state index in [0.717, 1.165) is 38.5 Å². The number of hydrogen-bond donors (Lipinski definition) is 1. The Bertz CT molecular complexity index is 919. The first kappa shape index (κ1) is 20.1. The lowest BCUT2D eigenvalue weighted by Gasteiger charge is -2.36. The van der Waals surface area contributed by atoms with Crippen LogP contribution in [0, 0.1) is 0 Å². The molecule has 30 heavy (non-hydrogen) atoms. The predicted molar refractivity (Wildman–Crippen MR) is 111 cm³/mol. The van der Waals surface area contributed by atoms with Crippen molar-refractivity contribution in [2.75, 3.05) is 37.6 Å². The first-order valence-corrected chi connectivity index (χ1v) is 10.2. The van der Waals surface area contributed by atoms with Crippen molar-refractivity contribution < 1.29 is 13.7 Å². The summed E-state index contributed by atoms with van der Waals surface area (Å²) in [4.78, 5) is 25.6. The Balaban J connectivity index is 1.16. The van der Waals surface area contributed by atoms with E-state index < -0.39 is 0 Å². The SMILES string of the molecule is CC(CN1CCN(c2ccccn2)CC1)NC(=O)CCc1nc(-c2ccco2)no1. The lowest BCUT2D eigenvalue weighted by atomic mass is 10.2. The Morgan fingerprint density at radius 1 is 1.20 bits per heavy atom. The first-order chi connectivity index (χ1) is 14.7. The Morgan fingerprint density at radius 3 is 2.80 bits per heavy atom. The molecular formula is C21H26N6O3. The van der Waals surface area contributed by atoms with Gasteiger partial charge in [-0.3, -0.25) is 9.69 Å². The standard InChI is InChI=1S/C21H26N6O3/c1-16(15-26-10-12-27(13-11-26)18-6-2-3-9-22-18)23-19(28)7-8-20-24-21(25-30-20)17-5-4-14-29-17/h2-6,9,14,16H,7-8,10-13,15H2,1H3,(H,23,28). The van der Waals surface area contributed by atoms with Crippen LogP contribution in [0.5, 0.6) is 0 Å². The molecule has 1 N–H and O–H groups in total. The molecule has 0 aliphatic carbocycles. The second-order valence-electron chi connectivity index (χ2n) is 7.43. The van der Waals surface area contributed by atoms with Gasteiger partial charge in [-0.1, -0.05) is 11.2 Å². The quantitative estimate of drug-likeness (QED) is 0.602. The number of aryl methyl sites for hydroxylation is 1. The van der Waals surface area contributed by atoms with Crippen LogP contribution in [0.4, 0.5) is 5.82 Å². The molecule has 1 aliphatic heterocycles. The maximum atomic E-state index is 12.3. The molecule has 0 radical (unpaired) electrons. The highest BCUT2D eigenvalue weighted by molar-refractivity contribution is 5.76. The van der Waals surface area contributed by atoms with Gasteiger partial charge in [-0.2, -0.15) is 4.98 Å². The van der Waals surface area contributed by atoms with E-state index in [9.17, 15) is 4.79 Å². The second kappa shape index (κ2) is 9.53. The summed E-state index contributed by atoms with van der Waals surface area (Å²) in [5, 5.41) is 6.94. The molecule has 1 atom stereocenters. The minimum Gasteiger partial charge on any atom is -0.461 e. The van der Waals surface area contributed by atoms with Crippen LogP contribution in [0.3, 0.4) is 0 Å². The van der Waals surface area contributed by atoms with Crippen molar-refractivity contribution in [1.82, 2.24) is 25.3 Å². The molecular weight excluding hydrogens is 384 g/mol. The topological polar surface area (TPSA) is 101 Å². The van der Waals surface area contributed by atoms with Gasteiger partial charge < -0.3 is 19.2 Å². The number of amides is 1. The molecule has 1 unspecified atom stereocenters. The van der Waals surface area contributed by atoms with E-state index >= 15 is 0 Å². The third-order valence-corrected chi connectivity index (χ3v) is 5.06. The first-order valence-electron chi connectivity index (χ1n) is 10.2. The molecule has 3 aromatic heterocycles. The highest BCUT2D eigenvalue weighted by atomic mass is 16.5. The number of rotatable bonds is 8. The molecule has 0 spiro atoms. The van der Waals surface area contributed by atoms with Crippen LogP contribution in [0.1, 0.15) is 19.2 Å². The molecule has 0 saturated carbocycles. The molecule has 0 aromatic carbocycles. The van der Waals surface area contributed by atoms with Crippen molar-refractivity contribution >= 4 is 11.7 Å². The fourth-order valence-electron chi connectivity index (χ4n) is 3.56. The summed E-state index contributed by atoms with van der Waals surface area (Å²) in [6.07, 6.45) is 4.08. The van der Waals surface area contributed by atoms with Crippen molar-refractivity contribution in [3.63, 3.8) is 0 Å². The number of aromatic nitrogens is 3. The zero-order chi connectivity index (χ0) is 20.8. The van der Waals surface area contributed by atoms with Gasteiger partial charge in [0.25, 0.3) is 0 Å². The van der Waals surface area contributed by atoms with Gasteiger partial charge in [-0.05, 0) is 31.2 Å². The molecule has 4 rings (SSSR count). The lowest BCUT2D eigenvalue weighted by Crippen LogP contribution is -2.51. The van der Waals surface area contributed by atoms with E-state index in [0.29, 0.717) is 30.3 Å². The number of pyridine rings is 1. The van der Waals surface area contributed by atoms with Crippen LogP contribution >= 0.6 is 0 Å². The van der Waals surface area contributed by atoms with Gasteiger partial charge in [0.2, 0.25) is 17.6 Å². The van der Waals surface area contributed by atoms with Crippen LogP contribution in [0.2, 0.25) is 0 Å². The highest BCUT2D eigenvalue weighted by Crippen LogP contribution is 2.16.